The van der Waals surface area contributed by atoms with Gasteiger partial charge >= 0.3 is 0 Å². The van der Waals surface area contributed by atoms with Crippen LogP contribution in [0.1, 0.15) is 28.1 Å². The molecule has 2 rings (SSSR count). The molecule has 0 saturated carbocycles. The predicted octanol–water partition coefficient (Wildman–Crippen LogP) is 2.43. The van der Waals surface area contributed by atoms with E-state index in [0.717, 1.165) is 16.3 Å². The molecule has 1 unspecified atom stereocenters. The third-order valence-electron chi connectivity index (χ3n) is 2.35. The van der Waals surface area contributed by atoms with Gasteiger partial charge in [0.15, 0.2) is 0 Å². The van der Waals surface area contributed by atoms with Crippen LogP contribution in [0.2, 0.25) is 0 Å². The molecule has 1 N–H and O–H groups in total. The number of aryl methyl sites for hydroxylation is 2. The SMILES string of the molecule is Cc1ccnc(C(O)Cc2csc(C)n2)c1. The fourth-order valence-corrected chi connectivity index (χ4v) is 2.17. The molecule has 84 valence electrons. The third kappa shape index (κ3) is 2.65. The summed E-state index contributed by atoms with van der Waals surface area (Å²) in [5, 5.41) is 13.0. The first-order valence-corrected chi connectivity index (χ1v) is 6.05. The molecule has 2 heterocycles. The smallest absolute Gasteiger partial charge is 0.101 e. The van der Waals surface area contributed by atoms with Crippen molar-refractivity contribution in [3.63, 3.8) is 0 Å². The molecular weight excluding hydrogens is 220 g/mol. The number of pyridine rings is 1. The van der Waals surface area contributed by atoms with E-state index in [-0.39, 0.29) is 0 Å². The maximum atomic E-state index is 10.0. The van der Waals surface area contributed by atoms with Gasteiger partial charge in [-0.15, -0.1) is 11.3 Å². The van der Waals surface area contributed by atoms with Crippen molar-refractivity contribution >= 4 is 11.3 Å². The van der Waals surface area contributed by atoms with Gasteiger partial charge in [0, 0.05) is 18.0 Å². The zero-order chi connectivity index (χ0) is 11.5. The second-order valence-corrected chi connectivity index (χ2v) is 4.90. The predicted molar refractivity (Wildman–Crippen MR) is 64.5 cm³/mol. The monoisotopic (exact) mass is 234 g/mol. The average Bonchev–Trinajstić information content (AvgIpc) is 2.64. The lowest BCUT2D eigenvalue weighted by Gasteiger charge is -2.08. The van der Waals surface area contributed by atoms with Gasteiger partial charge < -0.3 is 5.11 Å². The quantitative estimate of drug-likeness (QED) is 0.887. The Morgan fingerprint density at radius 2 is 2.25 bits per heavy atom. The van der Waals surface area contributed by atoms with Gasteiger partial charge in [-0.2, -0.15) is 0 Å². The molecule has 2 aromatic heterocycles. The molecule has 1 atom stereocenters. The molecular formula is C12H14N2OS. The zero-order valence-corrected chi connectivity index (χ0v) is 10.2. The van der Waals surface area contributed by atoms with Crippen LogP contribution in [0.3, 0.4) is 0 Å². The minimum absolute atomic E-state index is 0.529. The molecule has 0 fully saturated rings. The summed E-state index contributed by atoms with van der Waals surface area (Å²) in [4.78, 5) is 8.50. The summed E-state index contributed by atoms with van der Waals surface area (Å²) >= 11 is 1.60. The molecule has 4 heteroatoms. The Morgan fingerprint density at radius 3 is 2.88 bits per heavy atom. The Hall–Kier alpha value is -1.26. The van der Waals surface area contributed by atoms with Crippen LogP contribution < -0.4 is 0 Å². The van der Waals surface area contributed by atoms with Crippen LogP contribution in [0.4, 0.5) is 0 Å². The Kier molecular flexibility index (Phi) is 3.31. The Bertz CT molecular complexity index is 481. The van der Waals surface area contributed by atoms with Crippen LogP contribution in [-0.4, -0.2) is 15.1 Å². The normalized spacial score (nSPS) is 12.7. The number of nitrogens with zero attached hydrogens (tertiary/aromatic N) is 2. The number of hydrogen-bond donors (Lipinski definition) is 1. The van der Waals surface area contributed by atoms with E-state index < -0.39 is 6.10 Å². The average molecular weight is 234 g/mol. The number of aliphatic hydroxyl groups is 1. The standard InChI is InChI=1S/C12H14N2OS/c1-8-3-4-13-11(5-8)12(15)6-10-7-16-9(2)14-10/h3-5,7,12,15H,6H2,1-2H3. The first-order chi connectivity index (χ1) is 7.65. The minimum atomic E-state index is -0.568. The molecule has 3 nitrogen and oxygen atoms in total. The number of aliphatic hydroxyl groups excluding tert-OH is 1. The summed E-state index contributed by atoms with van der Waals surface area (Å²) in [6.07, 6.45) is 1.68. The van der Waals surface area contributed by atoms with Crippen LogP contribution in [-0.2, 0) is 6.42 Å². The molecule has 0 saturated heterocycles. The molecule has 0 aliphatic carbocycles. The summed E-state index contributed by atoms with van der Waals surface area (Å²) in [6, 6.07) is 3.83. The number of aromatic nitrogens is 2. The number of rotatable bonds is 3. The third-order valence-corrected chi connectivity index (χ3v) is 3.17. The molecule has 0 spiro atoms. The first kappa shape index (κ1) is 11.2. The number of thiazole rings is 1. The van der Waals surface area contributed by atoms with Gasteiger partial charge in [0.1, 0.15) is 6.10 Å². The summed E-state index contributed by atoms with van der Waals surface area (Å²) in [5.41, 5.74) is 2.75. The minimum Gasteiger partial charge on any atom is -0.386 e. The van der Waals surface area contributed by atoms with Crippen molar-refractivity contribution in [1.82, 2.24) is 9.97 Å². The molecule has 16 heavy (non-hydrogen) atoms. The second-order valence-electron chi connectivity index (χ2n) is 3.84. The molecule has 0 aromatic carbocycles. The Balaban J connectivity index is 2.11. The van der Waals surface area contributed by atoms with E-state index in [2.05, 4.69) is 9.97 Å². The van der Waals surface area contributed by atoms with Crippen LogP contribution in [0.15, 0.2) is 23.7 Å². The second kappa shape index (κ2) is 4.72. The van der Waals surface area contributed by atoms with Gasteiger partial charge in [0.25, 0.3) is 0 Å². The fraction of sp³-hybridized carbons (Fsp3) is 0.333. The highest BCUT2D eigenvalue weighted by Crippen LogP contribution is 2.18. The lowest BCUT2D eigenvalue weighted by atomic mass is 10.1. The van der Waals surface area contributed by atoms with Gasteiger partial charge in [0.05, 0.1) is 16.4 Å². The summed E-state index contributed by atoms with van der Waals surface area (Å²) in [7, 11) is 0. The molecule has 2 aromatic rings. The first-order valence-electron chi connectivity index (χ1n) is 5.17. The lowest BCUT2D eigenvalue weighted by Crippen LogP contribution is -2.04. The molecule has 0 bridgehead atoms. The topological polar surface area (TPSA) is 46.0 Å². The van der Waals surface area contributed by atoms with Gasteiger partial charge in [-0.3, -0.25) is 4.98 Å². The van der Waals surface area contributed by atoms with Gasteiger partial charge in [-0.25, -0.2) is 4.98 Å². The fourth-order valence-electron chi connectivity index (χ4n) is 1.55. The highest BCUT2D eigenvalue weighted by atomic mass is 32.1. The van der Waals surface area contributed by atoms with Crippen LogP contribution in [0.25, 0.3) is 0 Å². The largest absolute Gasteiger partial charge is 0.386 e. The van der Waals surface area contributed by atoms with E-state index in [1.54, 1.807) is 17.5 Å². The van der Waals surface area contributed by atoms with Crippen molar-refractivity contribution in [1.29, 1.82) is 0 Å². The van der Waals surface area contributed by atoms with Gasteiger partial charge in [-0.1, -0.05) is 0 Å². The molecule has 0 aliphatic heterocycles. The summed E-state index contributed by atoms with van der Waals surface area (Å²) in [5.74, 6) is 0. The van der Waals surface area contributed by atoms with Crippen LogP contribution in [0.5, 0.6) is 0 Å². The van der Waals surface area contributed by atoms with E-state index in [1.165, 1.54) is 0 Å². The number of hydrogen-bond acceptors (Lipinski definition) is 4. The van der Waals surface area contributed by atoms with E-state index >= 15 is 0 Å². The van der Waals surface area contributed by atoms with Gasteiger partial charge in [0.2, 0.25) is 0 Å². The van der Waals surface area contributed by atoms with Crippen molar-refractivity contribution in [3.8, 4) is 0 Å². The highest BCUT2D eigenvalue weighted by molar-refractivity contribution is 7.09. The van der Waals surface area contributed by atoms with E-state index in [0.29, 0.717) is 12.1 Å². The van der Waals surface area contributed by atoms with Crippen LogP contribution in [0, 0.1) is 13.8 Å². The highest BCUT2D eigenvalue weighted by Gasteiger charge is 2.11. The van der Waals surface area contributed by atoms with Crippen molar-refractivity contribution in [2.75, 3.05) is 0 Å². The van der Waals surface area contributed by atoms with E-state index in [4.69, 9.17) is 0 Å². The Morgan fingerprint density at radius 1 is 1.44 bits per heavy atom. The molecule has 0 amide bonds. The van der Waals surface area contributed by atoms with E-state index in [9.17, 15) is 5.11 Å². The van der Waals surface area contributed by atoms with Crippen molar-refractivity contribution in [3.05, 3.63) is 45.7 Å². The van der Waals surface area contributed by atoms with Crippen molar-refractivity contribution in [2.24, 2.45) is 0 Å². The molecule has 0 radical (unpaired) electrons. The lowest BCUT2D eigenvalue weighted by molar-refractivity contribution is 0.172. The van der Waals surface area contributed by atoms with E-state index in [1.807, 2.05) is 31.4 Å². The van der Waals surface area contributed by atoms with Gasteiger partial charge in [-0.05, 0) is 31.5 Å². The summed E-state index contributed by atoms with van der Waals surface area (Å²) in [6.45, 7) is 3.95. The van der Waals surface area contributed by atoms with Crippen molar-refractivity contribution in [2.45, 2.75) is 26.4 Å². The maximum Gasteiger partial charge on any atom is 0.101 e. The van der Waals surface area contributed by atoms with Crippen LogP contribution >= 0.6 is 11.3 Å². The maximum absolute atomic E-state index is 10.0. The Labute approximate surface area is 98.8 Å². The van der Waals surface area contributed by atoms with Crippen molar-refractivity contribution < 1.29 is 5.11 Å². The molecule has 0 aliphatic rings. The zero-order valence-electron chi connectivity index (χ0n) is 9.34. The summed E-state index contributed by atoms with van der Waals surface area (Å²) < 4.78 is 0.